The largest absolute Gasteiger partial charge is 0.479 e. The molecule has 0 spiro atoms. The summed E-state index contributed by atoms with van der Waals surface area (Å²) in [6, 6.07) is 1.44. The van der Waals surface area contributed by atoms with Crippen LogP contribution < -0.4 is 0 Å². The van der Waals surface area contributed by atoms with Gasteiger partial charge in [0.15, 0.2) is 17.7 Å². The molecule has 0 aliphatic rings. The molecule has 0 bridgehead atoms. The molecule has 0 saturated heterocycles. The molecule has 1 rings (SSSR count). The summed E-state index contributed by atoms with van der Waals surface area (Å²) in [6.45, 7) is 2.22. The topological polar surface area (TPSA) is 57.5 Å². The molecule has 17 heavy (non-hydrogen) atoms. The second-order valence-corrected chi connectivity index (χ2v) is 4.07. The fourth-order valence-corrected chi connectivity index (χ4v) is 1.29. The van der Waals surface area contributed by atoms with Crippen LogP contribution in [0.25, 0.3) is 0 Å². The van der Waals surface area contributed by atoms with E-state index in [2.05, 4.69) is 0 Å². The zero-order valence-corrected chi connectivity index (χ0v) is 9.17. The summed E-state index contributed by atoms with van der Waals surface area (Å²) in [5.74, 6) is -4.63. The van der Waals surface area contributed by atoms with Gasteiger partial charge in [-0.3, -0.25) is 0 Å². The Balaban J connectivity index is 3.40. The fourth-order valence-electron chi connectivity index (χ4n) is 1.29. The summed E-state index contributed by atoms with van der Waals surface area (Å²) >= 11 is 0. The lowest BCUT2D eigenvalue weighted by atomic mass is 9.95. The molecule has 0 aliphatic carbocycles. The van der Waals surface area contributed by atoms with Crippen molar-refractivity contribution in [3.05, 3.63) is 34.9 Å². The molecule has 0 radical (unpaired) electrons. The van der Waals surface area contributed by atoms with Crippen molar-refractivity contribution in [3.8, 4) is 0 Å². The Kier molecular flexibility index (Phi) is 3.47. The van der Waals surface area contributed by atoms with Gasteiger partial charge in [-0.15, -0.1) is 0 Å². The van der Waals surface area contributed by atoms with Crippen LogP contribution >= 0.6 is 0 Å². The molecule has 2 N–H and O–H groups in total. The van der Waals surface area contributed by atoms with Gasteiger partial charge in [-0.2, -0.15) is 0 Å². The summed E-state index contributed by atoms with van der Waals surface area (Å²) in [4.78, 5) is 10.5. The van der Waals surface area contributed by atoms with Crippen molar-refractivity contribution in [2.45, 2.75) is 25.6 Å². The number of hydrogen-bond acceptors (Lipinski definition) is 2. The van der Waals surface area contributed by atoms with E-state index in [0.29, 0.717) is 6.07 Å². The van der Waals surface area contributed by atoms with E-state index in [1.165, 1.54) is 0 Å². The van der Waals surface area contributed by atoms with E-state index in [4.69, 9.17) is 10.2 Å². The van der Waals surface area contributed by atoms with Crippen molar-refractivity contribution >= 4 is 5.97 Å². The van der Waals surface area contributed by atoms with Gasteiger partial charge in [-0.1, -0.05) is 0 Å². The van der Waals surface area contributed by atoms with Crippen LogP contribution in [0, 0.1) is 11.6 Å². The normalized spacial score (nSPS) is 13.5. The minimum Gasteiger partial charge on any atom is -0.479 e. The molecular weight excluding hydrogens is 237 g/mol. The maximum atomic E-state index is 13.6. The average Bonchev–Trinajstić information content (AvgIpc) is 2.19. The van der Waals surface area contributed by atoms with E-state index in [1.807, 2.05) is 0 Å². The number of rotatable bonds is 3. The number of halogens is 3. The first-order chi connectivity index (χ1) is 7.64. The highest BCUT2D eigenvalue weighted by molar-refractivity contribution is 5.74. The maximum Gasteiger partial charge on any atom is 0.337 e. The number of hydrogen-bond donors (Lipinski definition) is 2. The molecule has 0 saturated carbocycles. The van der Waals surface area contributed by atoms with E-state index < -0.39 is 34.9 Å². The van der Waals surface area contributed by atoms with Crippen LogP contribution in [-0.4, -0.2) is 16.2 Å². The van der Waals surface area contributed by atoms with Crippen molar-refractivity contribution in [1.82, 2.24) is 0 Å². The van der Waals surface area contributed by atoms with Crippen LogP contribution in [0.1, 0.15) is 31.1 Å². The Morgan fingerprint density at radius 2 is 1.88 bits per heavy atom. The molecule has 0 fully saturated rings. The van der Waals surface area contributed by atoms with Crippen LogP contribution in [0.5, 0.6) is 0 Å². The van der Waals surface area contributed by atoms with Crippen molar-refractivity contribution in [3.63, 3.8) is 0 Å². The number of carboxylic acid groups (broad SMARTS) is 1. The molecule has 6 heteroatoms. The zero-order chi connectivity index (χ0) is 13.4. The Labute approximate surface area is 95.5 Å². The van der Waals surface area contributed by atoms with Crippen LogP contribution in [0.2, 0.25) is 0 Å². The third-order valence-corrected chi connectivity index (χ3v) is 2.27. The molecule has 1 aromatic carbocycles. The lowest BCUT2D eigenvalue weighted by Crippen LogP contribution is -2.17. The zero-order valence-electron chi connectivity index (χ0n) is 9.17. The lowest BCUT2D eigenvalue weighted by molar-refractivity contribution is -0.147. The number of carboxylic acids is 1. The van der Waals surface area contributed by atoms with Crippen molar-refractivity contribution in [2.75, 3.05) is 0 Å². The highest BCUT2D eigenvalue weighted by atomic mass is 19.2. The summed E-state index contributed by atoms with van der Waals surface area (Å²) in [7, 11) is 0. The second kappa shape index (κ2) is 4.37. The van der Waals surface area contributed by atoms with E-state index in [-0.39, 0.29) is 5.56 Å². The average molecular weight is 248 g/mol. The van der Waals surface area contributed by atoms with Gasteiger partial charge in [0.2, 0.25) is 0 Å². The summed E-state index contributed by atoms with van der Waals surface area (Å²) in [5, 5.41) is 17.7. The quantitative estimate of drug-likeness (QED) is 0.862. The van der Waals surface area contributed by atoms with Crippen molar-refractivity contribution < 1.29 is 28.2 Å². The number of benzene rings is 1. The van der Waals surface area contributed by atoms with Gasteiger partial charge in [0.1, 0.15) is 5.67 Å². The predicted molar refractivity (Wildman–Crippen MR) is 53.1 cm³/mol. The number of aliphatic hydroxyl groups is 1. The third kappa shape index (κ3) is 2.76. The maximum absolute atomic E-state index is 13.6. The van der Waals surface area contributed by atoms with Gasteiger partial charge >= 0.3 is 5.97 Å². The van der Waals surface area contributed by atoms with Crippen molar-refractivity contribution in [2.24, 2.45) is 0 Å². The molecule has 1 aromatic rings. The molecule has 1 atom stereocenters. The van der Waals surface area contributed by atoms with Gasteiger partial charge in [0.05, 0.1) is 0 Å². The van der Waals surface area contributed by atoms with Gasteiger partial charge in [0, 0.05) is 5.56 Å². The SMILES string of the molecule is CC(C)(F)c1cc(F)c(F)c(C(O)C(=O)O)c1. The van der Waals surface area contributed by atoms with Gasteiger partial charge in [-0.05, 0) is 31.5 Å². The summed E-state index contributed by atoms with van der Waals surface area (Å²) in [6.07, 6.45) is -2.23. The number of alkyl halides is 1. The second-order valence-electron chi connectivity index (χ2n) is 4.07. The molecule has 94 valence electrons. The van der Waals surface area contributed by atoms with Crippen LogP contribution in [0.4, 0.5) is 13.2 Å². The summed E-state index contributed by atoms with van der Waals surface area (Å²) in [5.41, 5.74) is -3.01. The first-order valence-corrected chi connectivity index (χ1v) is 4.73. The standard InChI is InChI=1S/C11H11F3O3/c1-11(2,14)5-3-6(9(15)10(16)17)8(13)7(12)4-5/h3-4,9,15H,1-2H3,(H,16,17). The molecule has 0 heterocycles. The minimum atomic E-state index is -2.23. The number of carbonyl (C=O) groups is 1. The Bertz CT molecular complexity index is 452. The van der Waals surface area contributed by atoms with E-state index in [9.17, 15) is 18.0 Å². The Morgan fingerprint density at radius 3 is 2.29 bits per heavy atom. The van der Waals surface area contributed by atoms with E-state index >= 15 is 0 Å². The third-order valence-electron chi connectivity index (χ3n) is 2.27. The molecule has 0 aromatic heterocycles. The summed E-state index contributed by atoms with van der Waals surface area (Å²) < 4.78 is 40.0. The smallest absolute Gasteiger partial charge is 0.337 e. The molecule has 0 amide bonds. The van der Waals surface area contributed by atoms with Crippen LogP contribution in [0.15, 0.2) is 12.1 Å². The molecule has 0 aliphatic heterocycles. The van der Waals surface area contributed by atoms with Gasteiger partial charge < -0.3 is 10.2 Å². The first-order valence-electron chi connectivity index (χ1n) is 4.73. The Hall–Kier alpha value is -1.56. The highest BCUT2D eigenvalue weighted by Crippen LogP contribution is 2.30. The van der Waals surface area contributed by atoms with E-state index in [0.717, 1.165) is 19.9 Å². The van der Waals surface area contributed by atoms with Crippen LogP contribution in [-0.2, 0) is 10.5 Å². The van der Waals surface area contributed by atoms with E-state index in [1.54, 1.807) is 0 Å². The van der Waals surface area contributed by atoms with Crippen LogP contribution in [0.3, 0.4) is 0 Å². The molecular formula is C11H11F3O3. The monoisotopic (exact) mass is 248 g/mol. The number of aliphatic carboxylic acids is 1. The van der Waals surface area contributed by atoms with Gasteiger partial charge in [-0.25, -0.2) is 18.0 Å². The highest BCUT2D eigenvalue weighted by Gasteiger charge is 2.27. The first kappa shape index (κ1) is 13.5. The fraction of sp³-hybridized carbons (Fsp3) is 0.364. The minimum absolute atomic E-state index is 0.244. The van der Waals surface area contributed by atoms with Gasteiger partial charge in [0.25, 0.3) is 0 Å². The lowest BCUT2D eigenvalue weighted by Gasteiger charge is -2.17. The molecule has 1 unspecified atom stereocenters. The predicted octanol–water partition coefficient (Wildman–Crippen LogP) is 2.29. The number of aliphatic hydroxyl groups excluding tert-OH is 1. The van der Waals surface area contributed by atoms with Crippen molar-refractivity contribution in [1.29, 1.82) is 0 Å². The Morgan fingerprint density at radius 1 is 1.35 bits per heavy atom. The molecule has 3 nitrogen and oxygen atoms in total.